The lowest BCUT2D eigenvalue weighted by Crippen LogP contribution is -2.46. The van der Waals surface area contributed by atoms with Gasteiger partial charge in [-0.2, -0.15) is 0 Å². The molecule has 0 radical (unpaired) electrons. The van der Waals surface area contributed by atoms with Crippen LogP contribution in [0, 0.1) is 24.5 Å². The molecule has 0 saturated carbocycles. The highest BCUT2D eigenvalue weighted by Gasteiger charge is 2.39. The Kier molecular flexibility index (Phi) is 14.3. The van der Waals surface area contributed by atoms with Crippen LogP contribution in [-0.2, 0) is 4.74 Å². The number of hydrogen-bond acceptors (Lipinski definition) is 3. The molecule has 0 unspecified atom stereocenters. The minimum absolute atomic E-state index is 0.297. The maximum absolute atomic E-state index is 11.9. The van der Waals surface area contributed by atoms with Gasteiger partial charge in [-0.25, -0.2) is 8.78 Å². The fourth-order valence-electron chi connectivity index (χ4n) is 3.08. The largest absolute Gasteiger partial charge is 0.381 e. The van der Waals surface area contributed by atoms with Crippen molar-refractivity contribution >= 4 is 0 Å². The molecule has 2 saturated heterocycles. The summed E-state index contributed by atoms with van der Waals surface area (Å²) < 4.78 is 29.3. The Labute approximate surface area is 175 Å². The number of hydrogen-bond donors (Lipinski definition) is 1. The summed E-state index contributed by atoms with van der Waals surface area (Å²) in [7, 11) is 2.19. The molecule has 0 amide bonds. The molecule has 29 heavy (non-hydrogen) atoms. The molecule has 1 N–H and O–H groups in total. The molecule has 5 heteroatoms. The van der Waals surface area contributed by atoms with Crippen LogP contribution in [0.4, 0.5) is 8.78 Å². The van der Waals surface area contributed by atoms with E-state index in [1.165, 1.54) is 37.2 Å². The molecule has 1 spiro atoms. The zero-order chi connectivity index (χ0) is 22.1. The van der Waals surface area contributed by atoms with Gasteiger partial charge in [0.2, 0.25) is 0 Å². The first-order chi connectivity index (χ1) is 14.0. The highest BCUT2D eigenvalue weighted by Crippen LogP contribution is 2.29. The maximum atomic E-state index is 11.9. The van der Waals surface area contributed by atoms with Gasteiger partial charge < -0.3 is 15.0 Å². The molecule has 162 valence electrons. The minimum atomic E-state index is -0.799. The molecule has 3 rings (SSSR count). The van der Waals surface area contributed by atoms with E-state index in [1.807, 2.05) is 6.92 Å². The van der Waals surface area contributed by atoms with Gasteiger partial charge in [-0.05, 0) is 50.8 Å². The number of nitrogens with zero attached hydrogens (tertiary/aromatic N) is 1. The number of nitrogens with one attached hydrogen (secondary N) is 1. The Balaban J connectivity index is 0.000000505. The van der Waals surface area contributed by atoms with Crippen LogP contribution in [-0.4, -0.2) is 37.2 Å². The number of allylic oxidation sites excluding steroid dienone is 2. The fraction of sp³-hybridized carbons (Fsp3) is 0.500. The predicted molar refractivity (Wildman–Crippen MR) is 118 cm³/mol. The van der Waals surface area contributed by atoms with Gasteiger partial charge in [-0.15, -0.1) is 19.4 Å². The predicted octanol–water partition coefficient (Wildman–Crippen LogP) is 5.51. The first kappa shape index (κ1) is 26.7. The molecular formula is C24H36F2N2O. The van der Waals surface area contributed by atoms with Crippen LogP contribution in [0.1, 0.15) is 46.0 Å². The van der Waals surface area contributed by atoms with Gasteiger partial charge in [-0.1, -0.05) is 31.6 Å². The standard InChI is InChI=1S/C13H24N2O.C6H4F2.C3H6.C2H2/c1-3-4-5-6-12-14-13(11-15(12)2)7-9-16-10-8-13;7-5-3-1-2-4-6(5)8;1-3-2;1-2/h6,14H,3-5,7-11H2,1-2H3;1-4H;3H,1H2,2H3;1-2H/b12-6-;;;. The third-order valence-electron chi connectivity index (χ3n) is 4.51. The second kappa shape index (κ2) is 15.6. The number of ether oxygens (including phenoxy) is 1. The summed E-state index contributed by atoms with van der Waals surface area (Å²) in [6.07, 6.45) is 18.1. The molecule has 2 heterocycles. The highest BCUT2D eigenvalue weighted by molar-refractivity contribution is 5.13. The van der Waals surface area contributed by atoms with E-state index < -0.39 is 11.6 Å². The maximum Gasteiger partial charge on any atom is 0.158 e. The molecular weight excluding hydrogens is 370 g/mol. The summed E-state index contributed by atoms with van der Waals surface area (Å²) in [6.45, 7) is 10.4. The zero-order valence-corrected chi connectivity index (χ0v) is 18.1. The Morgan fingerprint density at radius 3 is 2.17 bits per heavy atom. The van der Waals surface area contributed by atoms with E-state index in [0.717, 1.165) is 44.7 Å². The van der Waals surface area contributed by atoms with Gasteiger partial charge in [0.1, 0.15) is 0 Å². The van der Waals surface area contributed by atoms with Crippen molar-refractivity contribution in [2.24, 2.45) is 0 Å². The Morgan fingerprint density at radius 2 is 1.72 bits per heavy atom. The van der Waals surface area contributed by atoms with Crippen molar-refractivity contribution in [1.29, 1.82) is 0 Å². The first-order valence-corrected chi connectivity index (χ1v) is 10.1. The van der Waals surface area contributed by atoms with Crippen molar-refractivity contribution in [3.8, 4) is 12.8 Å². The summed E-state index contributed by atoms with van der Waals surface area (Å²) in [6, 6.07) is 5.04. The lowest BCUT2D eigenvalue weighted by molar-refractivity contribution is 0.0482. The number of unbranched alkanes of at least 4 members (excludes halogenated alkanes) is 2. The van der Waals surface area contributed by atoms with E-state index in [2.05, 4.69) is 49.7 Å². The lowest BCUT2D eigenvalue weighted by Gasteiger charge is -2.32. The third kappa shape index (κ3) is 10.1. The van der Waals surface area contributed by atoms with E-state index >= 15 is 0 Å². The van der Waals surface area contributed by atoms with Crippen molar-refractivity contribution < 1.29 is 13.5 Å². The number of halogens is 2. The third-order valence-corrected chi connectivity index (χ3v) is 4.51. The van der Waals surface area contributed by atoms with Gasteiger partial charge >= 0.3 is 0 Å². The van der Waals surface area contributed by atoms with Gasteiger partial charge in [0.25, 0.3) is 0 Å². The zero-order valence-electron chi connectivity index (χ0n) is 18.1. The molecule has 1 aromatic carbocycles. The van der Waals surface area contributed by atoms with Crippen LogP contribution < -0.4 is 5.32 Å². The van der Waals surface area contributed by atoms with Crippen LogP contribution in [0.5, 0.6) is 0 Å². The fourth-order valence-corrected chi connectivity index (χ4v) is 3.08. The molecule has 3 nitrogen and oxygen atoms in total. The van der Waals surface area contributed by atoms with Crippen molar-refractivity contribution in [2.75, 3.05) is 26.8 Å². The molecule has 2 fully saturated rings. The molecule has 2 aliphatic heterocycles. The first-order valence-electron chi connectivity index (χ1n) is 10.1. The van der Waals surface area contributed by atoms with Crippen molar-refractivity contribution in [3.05, 3.63) is 60.5 Å². The summed E-state index contributed by atoms with van der Waals surface area (Å²) in [5, 5.41) is 3.72. The van der Waals surface area contributed by atoms with Gasteiger partial charge in [0.05, 0.1) is 11.4 Å². The second-order valence-electron chi connectivity index (χ2n) is 6.93. The SMILES string of the molecule is C#C.C=CC.CCCC/C=C1/NC2(CCOCC2)CN1C.Fc1ccccc1F. The Morgan fingerprint density at radius 1 is 1.21 bits per heavy atom. The van der Waals surface area contributed by atoms with E-state index in [9.17, 15) is 8.78 Å². The topological polar surface area (TPSA) is 24.5 Å². The van der Waals surface area contributed by atoms with Crippen LogP contribution in [0.2, 0.25) is 0 Å². The average Bonchev–Trinajstić information content (AvgIpc) is 3.02. The highest BCUT2D eigenvalue weighted by atomic mass is 19.2. The monoisotopic (exact) mass is 406 g/mol. The number of rotatable bonds is 3. The average molecular weight is 407 g/mol. The molecule has 0 aliphatic carbocycles. The second-order valence-corrected chi connectivity index (χ2v) is 6.93. The minimum Gasteiger partial charge on any atom is -0.381 e. The lowest BCUT2D eigenvalue weighted by atomic mass is 9.91. The smallest absolute Gasteiger partial charge is 0.158 e. The Hall–Kier alpha value is -2.32. The summed E-state index contributed by atoms with van der Waals surface area (Å²) >= 11 is 0. The number of likely N-dealkylation sites (N-methyl/N-ethyl adjacent to an activating group) is 1. The van der Waals surface area contributed by atoms with Gasteiger partial charge in [0, 0.05) is 26.8 Å². The van der Waals surface area contributed by atoms with E-state index in [1.54, 1.807) is 6.08 Å². The van der Waals surface area contributed by atoms with Crippen LogP contribution in [0.25, 0.3) is 0 Å². The van der Waals surface area contributed by atoms with Crippen LogP contribution in [0.15, 0.2) is 48.8 Å². The van der Waals surface area contributed by atoms with Crippen molar-refractivity contribution in [3.63, 3.8) is 0 Å². The van der Waals surface area contributed by atoms with Crippen LogP contribution >= 0.6 is 0 Å². The quantitative estimate of drug-likeness (QED) is 0.407. The summed E-state index contributed by atoms with van der Waals surface area (Å²) in [5.74, 6) is -0.268. The molecule has 1 aromatic rings. The van der Waals surface area contributed by atoms with E-state index in [0.29, 0.717) is 5.54 Å². The summed E-state index contributed by atoms with van der Waals surface area (Å²) in [4.78, 5) is 2.36. The number of terminal acetylenes is 1. The van der Waals surface area contributed by atoms with Gasteiger partial charge in [-0.3, -0.25) is 0 Å². The van der Waals surface area contributed by atoms with E-state index in [-0.39, 0.29) is 0 Å². The van der Waals surface area contributed by atoms with Crippen LogP contribution in [0.3, 0.4) is 0 Å². The van der Waals surface area contributed by atoms with Crippen molar-refractivity contribution in [2.45, 2.75) is 51.5 Å². The summed E-state index contributed by atoms with van der Waals surface area (Å²) in [5.41, 5.74) is 0.297. The molecule has 2 aliphatic rings. The Bertz CT molecular complexity index is 601. The van der Waals surface area contributed by atoms with Crippen molar-refractivity contribution in [1.82, 2.24) is 10.2 Å². The number of benzene rings is 1. The van der Waals surface area contributed by atoms with E-state index in [4.69, 9.17) is 4.74 Å². The molecule has 0 aromatic heterocycles. The molecule has 0 bridgehead atoms. The molecule has 0 atom stereocenters. The normalized spacial score (nSPS) is 17.6. The van der Waals surface area contributed by atoms with Gasteiger partial charge in [0.15, 0.2) is 11.6 Å².